The van der Waals surface area contributed by atoms with Crippen LogP contribution in [0.1, 0.15) is 41.0 Å². The van der Waals surface area contributed by atoms with Gasteiger partial charge in [-0.3, -0.25) is 0 Å². The third-order valence-electron chi connectivity index (χ3n) is 6.44. The van der Waals surface area contributed by atoms with Crippen molar-refractivity contribution in [3.8, 4) is 28.3 Å². The molecule has 2 atom stereocenters. The molecule has 35 heavy (non-hydrogen) atoms. The Kier molecular flexibility index (Phi) is 6.91. The number of benzene rings is 3. The number of methoxy groups -OCH3 is 1. The zero-order valence-electron chi connectivity index (χ0n) is 19.5. The second-order valence-electron chi connectivity index (χ2n) is 8.59. The van der Waals surface area contributed by atoms with E-state index < -0.39 is 5.97 Å². The van der Waals surface area contributed by atoms with Crippen molar-refractivity contribution in [1.82, 2.24) is 4.98 Å². The van der Waals surface area contributed by atoms with E-state index in [9.17, 15) is 4.79 Å². The lowest BCUT2D eigenvalue weighted by atomic mass is 9.80. The van der Waals surface area contributed by atoms with Crippen LogP contribution < -0.4 is 4.74 Å². The van der Waals surface area contributed by atoms with Gasteiger partial charge in [0, 0.05) is 17.0 Å². The highest BCUT2D eigenvalue weighted by molar-refractivity contribution is 7.80. The van der Waals surface area contributed by atoms with Gasteiger partial charge < -0.3 is 13.9 Å². The number of rotatable bonds is 7. The van der Waals surface area contributed by atoms with Gasteiger partial charge in [-0.05, 0) is 36.5 Å². The molecule has 2 unspecified atom stereocenters. The van der Waals surface area contributed by atoms with Gasteiger partial charge in [0.2, 0.25) is 5.89 Å². The number of hydrogen-bond donors (Lipinski definition) is 1. The van der Waals surface area contributed by atoms with Crippen LogP contribution in [0.5, 0.6) is 5.75 Å². The fourth-order valence-corrected chi connectivity index (χ4v) is 5.14. The Morgan fingerprint density at radius 1 is 1.03 bits per heavy atom. The van der Waals surface area contributed by atoms with Crippen LogP contribution in [0, 0.1) is 0 Å². The summed E-state index contributed by atoms with van der Waals surface area (Å²) in [5, 5.41) is -0.232. The first-order valence-corrected chi connectivity index (χ1v) is 12.3. The summed E-state index contributed by atoms with van der Waals surface area (Å²) in [4.78, 5) is 16.6. The SMILES string of the molecule is COC(=O)COc1cccc2c1CCCC2C(S)c1nc(-c2ccccc2)c(-c2ccccc2)o1. The molecule has 0 spiro atoms. The molecule has 3 aromatic carbocycles. The molecule has 5 nitrogen and oxygen atoms in total. The van der Waals surface area contributed by atoms with E-state index in [4.69, 9.17) is 31.5 Å². The van der Waals surface area contributed by atoms with Crippen molar-refractivity contribution in [2.75, 3.05) is 13.7 Å². The Hall–Kier alpha value is -3.51. The molecule has 1 aliphatic carbocycles. The van der Waals surface area contributed by atoms with Crippen LogP contribution in [0.25, 0.3) is 22.6 Å². The lowest BCUT2D eigenvalue weighted by molar-refractivity contribution is -0.142. The minimum absolute atomic E-state index is 0.106. The van der Waals surface area contributed by atoms with E-state index in [-0.39, 0.29) is 17.8 Å². The van der Waals surface area contributed by atoms with Crippen molar-refractivity contribution in [2.24, 2.45) is 0 Å². The predicted octanol–water partition coefficient (Wildman–Crippen LogP) is 6.65. The molecule has 6 heteroatoms. The van der Waals surface area contributed by atoms with Gasteiger partial charge in [-0.25, -0.2) is 9.78 Å². The maximum absolute atomic E-state index is 11.6. The largest absolute Gasteiger partial charge is 0.482 e. The van der Waals surface area contributed by atoms with E-state index in [1.54, 1.807) is 0 Å². The molecule has 0 radical (unpaired) electrons. The minimum atomic E-state index is -0.399. The fourth-order valence-electron chi connectivity index (χ4n) is 4.72. The number of esters is 1. The summed E-state index contributed by atoms with van der Waals surface area (Å²) >= 11 is 5.04. The average Bonchev–Trinajstić information content (AvgIpc) is 3.37. The van der Waals surface area contributed by atoms with Crippen LogP contribution in [0.3, 0.4) is 0 Å². The first-order valence-electron chi connectivity index (χ1n) is 11.8. The van der Waals surface area contributed by atoms with Crippen LogP contribution in [0.15, 0.2) is 83.3 Å². The summed E-state index contributed by atoms with van der Waals surface area (Å²) in [6.07, 6.45) is 2.84. The molecule has 0 amide bonds. The minimum Gasteiger partial charge on any atom is -0.482 e. The molecule has 0 saturated heterocycles. The fraction of sp³-hybridized carbons (Fsp3) is 0.241. The molecule has 1 aliphatic rings. The van der Waals surface area contributed by atoms with Crippen LogP contribution in [0.4, 0.5) is 0 Å². The van der Waals surface area contributed by atoms with Gasteiger partial charge in [-0.15, -0.1) is 0 Å². The number of hydrogen-bond acceptors (Lipinski definition) is 6. The lowest BCUT2D eigenvalue weighted by Gasteiger charge is -2.29. The van der Waals surface area contributed by atoms with Crippen molar-refractivity contribution in [2.45, 2.75) is 30.4 Å². The highest BCUT2D eigenvalue weighted by Gasteiger charge is 2.32. The Morgan fingerprint density at radius 2 is 1.74 bits per heavy atom. The third-order valence-corrected chi connectivity index (χ3v) is 7.03. The molecule has 0 bridgehead atoms. The number of thiol groups is 1. The number of oxazole rings is 1. The summed E-state index contributed by atoms with van der Waals surface area (Å²) < 4.78 is 16.9. The topological polar surface area (TPSA) is 61.6 Å². The van der Waals surface area contributed by atoms with Gasteiger partial charge in [-0.1, -0.05) is 72.8 Å². The van der Waals surface area contributed by atoms with E-state index in [0.29, 0.717) is 5.89 Å². The molecular formula is C29H27NO4S. The van der Waals surface area contributed by atoms with Gasteiger partial charge in [0.05, 0.1) is 12.4 Å². The second-order valence-corrected chi connectivity index (χ2v) is 9.15. The van der Waals surface area contributed by atoms with Crippen LogP contribution in [0.2, 0.25) is 0 Å². The maximum Gasteiger partial charge on any atom is 0.343 e. The Labute approximate surface area is 210 Å². The summed E-state index contributed by atoms with van der Waals surface area (Å²) in [5.74, 6) is 1.78. The zero-order chi connectivity index (χ0) is 24.2. The zero-order valence-corrected chi connectivity index (χ0v) is 20.4. The van der Waals surface area contributed by atoms with Gasteiger partial charge in [0.15, 0.2) is 12.4 Å². The summed E-state index contributed by atoms with van der Waals surface area (Å²) in [5.41, 5.74) is 5.08. The Bertz CT molecular complexity index is 1250. The number of carbonyl (C=O) groups excluding carboxylic acids is 1. The van der Waals surface area contributed by atoms with Crippen molar-refractivity contribution in [3.63, 3.8) is 0 Å². The van der Waals surface area contributed by atoms with Crippen molar-refractivity contribution >= 4 is 18.6 Å². The molecule has 0 saturated carbocycles. The molecular weight excluding hydrogens is 458 g/mol. The predicted molar refractivity (Wildman–Crippen MR) is 139 cm³/mol. The van der Waals surface area contributed by atoms with Gasteiger partial charge in [0.1, 0.15) is 11.4 Å². The monoisotopic (exact) mass is 485 g/mol. The molecule has 1 aromatic heterocycles. The molecule has 0 fully saturated rings. The van der Waals surface area contributed by atoms with Crippen LogP contribution in [-0.2, 0) is 16.0 Å². The van der Waals surface area contributed by atoms with Gasteiger partial charge >= 0.3 is 5.97 Å². The second kappa shape index (κ2) is 10.4. The highest BCUT2D eigenvalue weighted by Crippen LogP contribution is 2.47. The lowest BCUT2D eigenvalue weighted by Crippen LogP contribution is -2.18. The Balaban J connectivity index is 1.51. The van der Waals surface area contributed by atoms with E-state index in [1.165, 1.54) is 12.7 Å². The molecule has 5 rings (SSSR count). The summed E-state index contributed by atoms with van der Waals surface area (Å²) in [7, 11) is 1.36. The first-order chi connectivity index (χ1) is 17.2. The standard InChI is InChI=1S/C29H27NO4S/c1-32-25(31)18-33-24-17-9-14-21-22(24)15-8-16-23(21)28(35)29-30-26(19-10-4-2-5-11-19)27(34-29)20-12-6-3-7-13-20/h2-7,9-14,17,23,28,35H,8,15-16,18H2,1H3. The van der Waals surface area contributed by atoms with E-state index in [2.05, 4.69) is 6.07 Å². The number of aromatic nitrogens is 1. The molecule has 1 heterocycles. The molecule has 0 N–H and O–H groups in total. The first kappa shape index (κ1) is 23.2. The van der Waals surface area contributed by atoms with Crippen LogP contribution in [-0.4, -0.2) is 24.7 Å². The number of carbonyl (C=O) groups is 1. The quantitative estimate of drug-likeness (QED) is 0.235. The molecule has 0 aliphatic heterocycles. The number of fused-ring (bicyclic) bond motifs is 1. The maximum atomic E-state index is 11.6. The van der Waals surface area contributed by atoms with E-state index in [0.717, 1.165) is 53.2 Å². The number of ether oxygens (including phenoxy) is 2. The van der Waals surface area contributed by atoms with Crippen molar-refractivity contribution in [1.29, 1.82) is 0 Å². The van der Waals surface area contributed by atoms with E-state index in [1.807, 2.05) is 72.8 Å². The molecule has 178 valence electrons. The van der Waals surface area contributed by atoms with E-state index >= 15 is 0 Å². The molecule has 4 aromatic rings. The van der Waals surface area contributed by atoms with Crippen LogP contribution >= 0.6 is 12.6 Å². The van der Waals surface area contributed by atoms with Gasteiger partial charge in [-0.2, -0.15) is 12.6 Å². The van der Waals surface area contributed by atoms with Gasteiger partial charge in [0.25, 0.3) is 0 Å². The van der Waals surface area contributed by atoms with Crippen molar-refractivity contribution < 1.29 is 18.7 Å². The third kappa shape index (κ3) is 4.84. The van der Waals surface area contributed by atoms with Crippen molar-refractivity contribution in [3.05, 3.63) is 95.9 Å². The summed E-state index contributed by atoms with van der Waals surface area (Å²) in [6.45, 7) is -0.109. The summed E-state index contributed by atoms with van der Waals surface area (Å²) in [6, 6.07) is 26.1. The normalized spacial score (nSPS) is 15.8. The number of nitrogens with zero attached hydrogens (tertiary/aromatic N) is 1. The highest BCUT2D eigenvalue weighted by atomic mass is 32.1. The Morgan fingerprint density at radius 3 is 2.46 bits per heavy atom. The average molecular weight is 486 g/mol. The smallest absolute Gasteiger partial charge is 0.343 e.